The van der Waals surface area contributed by atoms with E-state index in [1.807, 2.05) is 0 Å². The Morgan fingerprint density at radius 1 is 1.17 bits per heavy atom. The number of hydrogen-bond donors (Lipinski definition) is 1. The summed E-state index contributed by atoms with van der Waals surface area (Å²) in [5.74, 6) is -3.83. The summed E-state index contributed by atoms with van der Waals surface area (Å²) in [7, 11) is 0.833. The van der Waals surface area contributed by atoms with E-state index in [2.05, 4.69) is 14.5 Å². The van der Waals surface area contributed by atoms with E-state index in [9.17, 15) is 26.3 Å². The molecule has 0 unspecified atom stereocenters. The van der Waals surface area contributed by atoms with Gasteiger partial charge in [0, 0.05) is 6.07 Å². The molecular weight excluding hydrogens is 272 g/mol. The van der Waals surface area contributed by atoms with Crippen LogP contribution in [0.4, 0.5) is 26.3 Å². The molecule has 18 heavy (non-hydrogen) atoms. The van der Waals surface area contributed by atoms with Gasteiger partial charge in [-0.1, -0.05) is 0 Å². The Hall–Kier alpha value is -1.87. The van der Waals surface area contributed by atoms with Crippen molar-refractivity contribution in [1.29, 1.82) is 0 Å². The number of alkyl halides is 6. The van der Waals surface area contributed by atoms with Crippen molar-refractivity contribution in [2.24, 2.45) is 0 Å². The quantitative estimate of drug-likeness (QED) is 0.844. The number of rotatable bonds is 2. The molecule has 10 heteroatoms. The molecule has 0 aliphatic heterocycles. The van der Waals surface area contributed by atoms with Gasteiger partial charge < -0.3 is 14.6 Å². The molecule has 4 nitrogen and oxygen atoms in total. The Balaban J connectivity index is 3.31. The number of aromatic hydroxyl groups is 1. The summed E-state index contributed by atoms with van der Waals surface area (Å²) < 4.78 is 80.2. The van der Waals surface area contributed by atoms with Gasteiger partial charge in [-0.2, -0.15) is 18.2 Å². The lowest BCUT2D eigenvalue weighted by atomic mass is 10.2. The predicted octanol–water partition coefficient (Wildman–Crippen LogP) is 2.71. The Morgan fingerprint density at radius 3 is 2.11 bits per heavy atom. The van der Waals surface area contributed by atoms with Gasteiger partial charge >= 0.3 is 12.5 Å². The SMILES string of the molecule is COc1nc(OC(F)(F)F)cc(C(F)(F)F)c1O. The van der Waals surface area contributed by atoms with Gasteiger partial charge in [0.05, 0.1) is 7.11 Å². The highest BCUT2D eigenvalue weighted by atomic mass is 19.4. The molecular formula is C8H5F6NO3. The second kappa shape index (κ2) is 4.42. The summed E-state index contributed by atoms with van der Waals surface area (Å²) in [6.07, 6.45) is -10.3. The fourth-order valence-electron chi connectivity index (χ4n) is 1.02. The van der Waals surface area contributed by atoms with Crippen molar-refractivity contribution in [2.45, 2.75) is 12.5 Å². The second-order valence-corrected chi connectivity index (χ2v) is 2.91. The predicted molar refractivity (Wildman–Crippen MR) is 44.1 cm³/mol. The highest BCUT2D eigenvalue weighted by Crippen LogP contribution is 2.42. The zero-order chi connectivity index (χ0) is 14.1. The van der Waals surface area contributed by atoms with Gasteiger partial charge in [0.25, 0.3) is 5.88 Å². The van der Waals surface area contributed by atoms with E-state index in [0.717, 1.165) is 7.11 Å². The zero-order valence-corrected chi connectivity index (χ0v) is 8.56. The molecule has 0 aromatic carbocycles. The van der Waals surface area contributed by atoms with Crippen LogP contribution in [0.5, 0.6) is 17.5 Å². The van der Waals surface area contributed by atoms with Crippen molar-refractivity contribution in [3.63, 3.8) is 0 Å². The second-order valence-electron chi connectivity index (χ2n) is 2.91. The van der Waals surface area contributed by atoms with Gasteiger partial charge in [0.2, 0.25) is 5.88 Å². The Kier molecular flexibility index (Phi) is 3.49. The summed E-state index contributed by atoms with van der Waals surface area (Å²) in [6, 6.07) is -0.0780. The van der Waals surface area contributed by atoms with Gasteiger partial charge in [0.15, 0.2) is 5.75 Å². The molecule has 0 aliphatic rings. The highest BCUT2D eigenvalue weighted by Gasteiger charge is 2.39. The van der Waals surface area contributed by atoms with Crippen molar-refractivity contribution in [1.82, 2.24) is 4.98 Å². The molecule has 1 rings (SSSR count). The van der Waals surface area contributed by atoms with E-state index in [0.29, 0.717) is 0 Å². The third-order valence-electron chi connectivity index (χ3n) is 1.66. The van der Waals surface area contributed by atoms with E-state index in [1.165, 1.54) is 0 Å². The standard InChI is InChI=1S/C8H5F6NO3/c1-17-6-5(16)3(7(9,10)11)2-4(15-6)18-8(12,13)14/h2,16H,1H3. The third-order valence-corrected chi connectivity index (χ3v) is 1.66. The molecule has 0 aliphatic carbocycles. The molecule has 0 atom stereocenters. The minimum Gasteiger partial charge on any atom is -0.503 e. The van der Waals surface area contributed by atoms with Gasteiger partial charge in [-0.3, -0.25) is 0 Å². The summed E-state index contributed by atoms with van der Waals surface area (Å²) in [4.78, 5) is 2.94. The van der Waals surface area contributed by atoms with Gasteiger partial charge in [-0.15, -0.1) is 13.2 Å². The monoisotopic (exact) mass is 277 g/mol. The topological polar surface area (TPSA) is 51.6 Å². The molecule has 0 bridgehead atoms. The number of hydrogen-bond acceptors (Lipinski definition) is 4. The fraction of sp³-hybridized carbons (Fsp3) is 0.375. The van der Waals surface area contributed by atoms with Crippen LogP contribution in [-0.2, 0) is 6.18 Å². The third kappa shape index (κ3) is 3.31. The van der Waals surface area contributed by atoms with Crippen LogP contribution in [0.1, 0.15) is 5.56 Å². The lowest BCUT2D eigenvalue weighted by molar-refractivity contribution is -0.276. The van der Waals surface area contributed by atoms with Gasteiger partial charge in [-0.25, -0.2) is 0 Å². The molecule has 0 fully saturated rings. The number of aromatic nitrogens is 1. The first kappa shape index (κ1) is 14.2. The summed E-state index contributed by atoms with van der Waals surface area (Å²) in [5, 5.41) is 9.10. The van der Waals surface area contributed by atoms with E-state index in [4.69, 9.17) is 5.11 Å². The highest BCUT2D eigenvalue weighted by molar-refractivity contribution is 5.45. The van der Waals surface area contributed by atoms with Crippen molar-refractivity contribution in [3.8, 4) is 17.5 Å². The molecule has 1 N–H and O–H groups in total. The number of nitrogens with zero attached hydrogens (tertiary/aromatic N) is 1. The largest absolute Gasteiger partial charge is 0.574 e. The maximum Gasteiger partial charge on any atom is 0.574 e. The Labute approximate surface area is 95.8 Å². The molecule has 1 aromatic rings. The normalized spacial score (nSPS) is 12.4. The Bertz CT molecular complexity index is 442. The summed E-state index contributed by atoms with van der Waals surface area (Å²) >= 11 is 0. The van der Waals surface area contributed by atoms with Crippen LogP contribution in [0, 0.1) is 0 Å². The van der Waals surface area contributed by atoms with E-state index >= 15 is 0 Å². The minimum absolute atomic E-state index is 0.0780. The van der Waals surface area contributed by atoms with Crippen molar-refractivity contribution in [2.75, 3.05) is 7.11 Å². The van der Waals surface area contributed by atoms with Crippen molar-refractivity contribution < 1.29 is 40.9 Å². The van der Waals surface area contributed by atoms with Crippen molar-refractivity contribution >= 4 is 0 Å². The summed E-state index contributed by atoms with van der Waals surface area (Å²) in [5.41, 5.74) is -1.74. The number of pyridine rings is 1. The average molecular weight is 277 g/mol. The summed E-state index contributed by atoms with van der Waals surface area (Å²) in [6.45, 7) is 0. The lowest BCUT2D eigenvalue weighted by Crippen LogP contribution is -2.19. The van der Waals surface area contributed by atoms with Crippen LogP contribution in [0.2, 0.25) is 0 Å². The minimum atomic E-state index is -5.21. The maximum atomic E-state index is 12.4. The van der Waals surface area contributed by atoms with Crippen LogP contribution in [0.15, 0.2) is 6.07 Å². The molecule has 0 spiro atoms. The van der Waals surface area contributed by atoms with Crippen LogP contribution in [0.25, 0.3) is 0 Å². The first-order valence-electron chi connectivity index (χ1n) is 4.15. The van der Waals surface area contributed by atoms with Gasteiger partial charge in [0.1, 0.15) is 5.56 Å². The first-order valence-corrected chi connectivity index (χ1v) is 4.15. The van der Waals surface area contributed by atoms with E-state index in [1.54, 1.807) is 0 Å². The average Bonchev–Trinajstić information content (AvgIpc) is 2.16. The van der Waals surface area contributed by atoms with Crippen molar-refractivity contribution in [3.05, 3.63) is 11.6 Å². The smallest absolute Gasteiger partial charge is 0.503 e. The van der Waals surface area contributed by atoms with Crippen LogP contribution >= 0.6 is 0 Å². The van der Waals surface area contributed by atoms with Crippen LogP contribution in [0.3, 0.4) is 0 Å². The number of halogens is 6. The van der Waals surface area contributed by atoms with Gasteiger partial charge in [-0.05, 0) is 0 Å². The lowest BCUT2D eigenvalue weighted by Gasteiger charge is -2.14. The molecule has 0 saturated carbocycles. The Morgan fingerprint density at radius 2 is 1.72 bits per heavy atom. The molecule has 102 valence electrons. The number of methoxy groups -OCH3 is 1. The zero-order valence-electron chi connectivity index (χ0n) is 8.56. The fourth-order valence-corrected chi connectivity index (χ4v) is 1.02. The molecule has 0 radical (unpaired) electrons. The first-order chi connectivity index (χ1) is 8.04. The molecule has 1 aromatic heterocycles. The molecule has 1 heterocycles. The van der Waals surface area contributed by atoms with Crippen LogP contribution < -0.4 is 9.47 Å². The maximum absolute atomic E-state index is 12.4. The van der Waals surface area contributed by atoms with Crippen LogP contribution in [-0.4, -0.2) is 23.6 Å². The molecule has 0 saturated heterocycles. The van der Waals surface area contributed by atoms with E-state index < -0.39 is 35.6 Å². The van der Waals surface area contributed by atoms with E-state index in [-0.39, 0.29) is 6.07 Å². The molecule has 0 amide bonds. The number of ether oxygens (including phenoxy) is 2.